The first-order valence-electron chi connectivity index (χ1n) is 8.21. The molecule has 0 atom stereocenters. The Morgan fingerprint density at radius 1 is 0.750 bits per heavy atom. The minimum absolute atomic E-state index is 0.325. The van der Waals surface area contributed by atoms with Crippen LogP contribution in [-0.4, -0.2) is 5.78 Å². The first kappa shape index (κ1) is 18.9. The summed E-state index contributed by atoms with van der Waals surface area (Å²) in [6.45, 7) is 3.84. The lowest BCUT2D eigenvalue weighted by Gasteiger charge is -1.98. The van der Waals surface area contributed by atoms with Crippen LogP contribution in [0.1, 0.15) is 78.1 Å². The Labute approximate surface area is 125 Å². The maximum atomic E-state index is 10.8. The van der Waals surface area contributed by atoms with Crippen LogP contribution in [0.25, 0.3) is 0 Å². The summed E-state index contributed by atoms with van der Waals surface area (Å²) in [5.41, 5.74) is 0. The number of unbranched alkanes of at least 4 members (excludes halogenated alkanes) is 5. The topological polar surface area (TPSA) is 17.1 Å². The lowest BCUT2D eigenvalue weighted by molar-refractivity contribution is -0.117. The second kappa shape index (κ2) is 15.9. The molecule has 0 amide bonds. The number of carbonyl (C=O) groups is 1. The summed E-state index contributed by atoms with van der Waals surface area (Å²) < 4.78 is 0. The third-order valence-electron chi connectivity index (χ3n) is 3.18. The number of carbonyl (C=O) groups excluding carboxylic acids is 1. The van der Waals surface area contributed by atoms with Crippen LogP contribution in [0.5, 0.6) is 0 Å². The Morgan fingerprint density at radius 2 is 1.30 bits per heavy atom. The molecule has 114 valence electrons. The van der Waals surface area contributed by atoms with Gasteiger partial charge in [0.05, 0.1) is 0 Å². The van der Waals surface area contributed by atoms with Gasteiger partial charge >= 0.3 is 0 Å². The minimum Gasteiger partial charge on any atom is -0.300 e. The van der Waals surface area contributed by atoms with Gasteiger partial charge in [-0.3, -0.25) is 0 Å². The van der Waals surface area contributed by atoms with E-state index < -0.39 is 0 Å². The Kier molecular flexibility index (Phi) is 15.1. The number of allylic oxidation sites excluding steroid dienone is 6. The zero-order valence-electron chi connectivity index (χ0n) is 13.4. The number of Topliss-reactive ketones (excluding diaryl/α,β-unsaturated/α-hetero) is 1. The average molecular weight is 276 g/mol. The zero-order valence-corrected chi connectivity index (χ0v) is 13.4. The molecular weight excluding hydrogens is 244 g/mol. The number of hydrogen-bond donors (Lipinski definition) is 0. The standard InChI is InChI=1S/C19H32O/c1-3-4-5-6-7-8-9-10-11-12-13-14-15-16-17-18-19(2)20/h4-5,7-8,10-11H,3,6,9,12-18H2,1-2H3/b5-4-,8-7-,11-10-. The quantitative estimate of drug-likeness (QED) is 0.290. The van der Waals surface area contributed by atoms with E-state index in [1.807, 2.05) is 0 Å². The van der Waals surface area contributed by atoms with Gasteiger partial charge in [-0.2, -0.15) is 0 Å². The maximum Gasteiger partial charge on any atom is 0.129 e. The van der Waals surface area contributed by atoms with Crippen LogP contribution in [0.15, 0.2) is 36.5 Å². The van der Waals surface area contributed by atoms with Crippen molar-refractivity contribution in [3.63, 3.8) is 0 Å². The highest BCUT2D eigenvalue weighted by molar-refractivity contribution is 5.75. The molecule has 0 fully saturated rings. The van der Waals surface area contributed by atoms with Crippen LogP contribution in [-0.2, 0) is 4.79 Å². The maximum absolute atomic E-state index is 10.8. The summed E-state index contributed by atoms with van der Waals surface area (Å²) in [7, 11) is 0. The number of rotatable bonds is 13. The Hall–Kier alpha value is -1.11. The molecule has 0 unspecified atom stereocenters. The van der Waals surface area contributed by atoms with E-state index in [4.69, 9.17) is 0 Å². The molecule has 1 heteroatoms. The average Bonchev–Trinajstić information content (AvgIpc) is 2.43. The molecule has 0 saturated heterocycles. The van der Waals surface area contributed by atoms with E-state index in [-0.39, 0.29) is 0 Å². The molecule has 1 nitrogen and oxygen atoms in total. The third-order valence-corrected chi connectivity index (χ3v) is 3.18. The molecule has 0 heterocycles. The second-order valence-electron chi connectivity index (χ2n) is 5.30. The summed E-state index contributed by atoms with van der Waals surface area (Å²) in [5.74, 6) is 0.325. The summed E-state index contributed by atoms with van der Waals surface area (Å²) in [5, 5.41) is 0. The van der Waals surface area contributed by atoms with Crippen molar-refractivity contribution in [2.75, 3.05) is 0 Å². The van der Waals surface area contributed by atoms with Crippen LogP contribution in [0.3, 0.4) is 0 Å². The highest BCUT2D eigenvalue weighted by Crippen LogP contribution is 2.08. The monoisotopic (exact) mass is 276 g/mol. The molecule has 0 spiro atoms. The Balaban J connectivity index is 3.23. The Morgan fingerprint density at radius 3 is 1.95 bits per heavy atom. The lowest BCUT2D eigenvalue weighted by atomic mass is 10.1. The van der Waals surface area contributed by atoms with Crippen molar-refractivity contribution in [3.8, 4) is 0 Å². The van der Waals surface area contributed by atoms with Crippen molar-refractivity contribution in [2.45, 2.75) is 78.1 Å². The largest absolute Gasteiger partial charge is 0.300 e. The van der Waals surface area contributed by atoms with Gasteiger partial charge in [-0.25, -0.2) is 0 Å². The van der Waals surface area contributed by atoms with Gasteiger partial charge in [-0.1, -0.05) is 62.6 Å². The molecule has 0 aliphatic heterocycles. The fourth-order valence-electron chi connectivity index (χ4n) is 1.99. The van der Waals surface area contributed by atoms with Gasteiger partial charge in [0.1, 0.15) is 5.78 Å². The highest BCUT2D eigenvalue weighted by Gasteiger charge is 1.93. The van der Waals surface area contributed by atoms with Gasteiger partial charge in [-0.15, -0.1) is 0 Å². The molecule has 0 rings (SSSR count). The molecular formula is C19H32O. The predicted octanol–water partition coefficient (Wildman–Crippen LogP) is 6.16. The van der Waals surface area contributed by atoms with Crippen molar-refractivity contribution >= 4 is 5.78 Å². The highest BCUT2D eigenvalue weighted by atomic mass is 16.1. The smallest absolute Gasteiger partial charge is 0.129 e. The lowest BCUT2D eigenvalue weighted by Crippen LogP contribution is -1.89. The van der Waals surface area contributed by atoms with Crippen molar-refractivity contribution in [2.24, 2.45) is 0 Å². The van der Waals surface area contributed by atoms with Crippen molar-refractivity contribution < 1.29 is 4.79 Å². The third kappa shape index (κ3) is 16.9. The molecule has 0 aromatic rings. The number of hydrogen-bond acceptors (Lipinski definition) is 1. The first-order chi connectivity index (χ1) is 9.77. The van der Waals surface area contributed by atoms with Gasteiger partial charge < -0.3 is 4.79 Å². The van der Waals surface area contributed by atoms with Crippen LogP contribution in [0.4, 0.5) is 0 Å². The van der Waals surface area contributed by atoms with Crippen LogP contribution in [0.2, 0.25) is 0 Å². The van der Waals surface area contributed by atoms with E-state index in [0.717, 1.165) is 32.1 Å². The molecule has 0 saturated carbocycles. The summed E-state index contributed by atoms with van der Waals surface area (Å²) in [6.07, 6.45) is 24.7. The Bertz CT molecular complexity index is 297. The molecule has 0 bridgehead atoms. The minimum atomic E-state index is 0.325. The molecule has 20 heavy (non-hydrogen) atoms. The van der Waals surface area contributed by atoms with Gasteiger partial charge in [0.2, 0.25) is 0 Å². The molecule has 0 N–H and O–H groups in total. The van der Waals surface area contributed by atoms with Crippen LogP contribution >= 0.6 is 0 Å². The van der Waals surface area contributed by atoms with E-state index in [2.05, 4.69) is 43.4 Å². The first-order valence-corrected chi connectivity index (χ1v) is 8.21. The van der Waals surface area contributed by atoms with Crippen molar-refractivity contribution in [1.29, 1.82) is 0 Å². The molecule has 0 aromatic carbocycles. The summed E-state index contributed by atoms with van der Waals surface area (Å²) in [4.78, 5) is 10.8. The fraction of sp³-hybridized carbons (Fsp3) is 0.632. The van der Waals surface area contributed by atoms with Crippen LogP contribution in [0, 0.1) is 0 Å². The van der Waals surface area contributed by atoms with Gasteiger partial charge in [0.25, 0.3) is 0 Å². The number of ketones is 1. The second-order valence-corrected chi connectivity index (χ2v) is 5.30. The fourth-order valence-corrected chi connectivity index (χ4v) is 1.99. The summed E-state index contributed by atoms with van der Waals surface area (Å²) >= 11 is 0. The van der Waals surface area contributed by atoms with E-state index in [1.165, 1.54) is 32.1 Å². The molecule has 0 aromatic heterocycles. The molecule has 0 radical (unpaired) electrons. The van der Waals surface area contributed by atoms with E-state index >= 15 is 0 Å². The van der Waals surface area contributed by atoms with Gasteiger partial charge in [0, 0.05) is 6.42 Å². The van der Waals surface area contributed by atoms with E-state index in [9.17, 15) is 4.79 Å². The van der Waals surface area contributed by atoms with Crippen molar-refractivity contribution in [3.05, 3.63) is 36.5 Å². The molecule has 0 aliphatic carbocycles. The predicted molar refractivity (Wildman–Crippen MR) is 89.9 cm³/mol. The van der Waals surface area contributed by atoms with E-state index in [1.54, 1.807) is 6.92 Å². The van der Waals surface area contributed by atoms with Crippen molar-refractivity contribution in [1.82, 2.24) is 0 Å². The van der Waals surface area contributed by atoms with Gasteiger partial charge in [-0.05, 0) is 45.4 Å². The normalized spacial score (nSPS) is 12.1. The summed E-state index contributed by atoms with van der Waals surface area (Å²) in [6, 6.07) is 0. The van der Waals surface area contributed by atoms with E-state index in [0.29, 0.717) is 5.78 Å². The molecule has 0 aliphatic rings. The zero-order chi connectivity index (χ0) is 14.9. The SMILES string of the molecule is CC/C=C\C/C=C\C/C=C\CCCCCCCC(C)=O. The van der Waals surface area contributed by atoms with Crippen LogP contribution < -0.4 is 0 Å². The van der Waals surface area contributed by atoms with Gasteiger partial charge in [0.15, 0.2) is 0 Å².